The average Bonchev–Trinajstić information content (AvgIpc) is 2.28. The molecule has 0 radical (unpaired) electrons. The SMILES string of the molecule is CC1=CCCC(c2ccc(N3CCC3)cc2)=C1. The first-order chi connectivity index (χ1) is 8.33. The molecule has 2 aliphatic rings. The number of rotatable bonds is 2. The molecular weight excluding hydrogens is 206 g/mol. The van der Waals surface area contributed by atoms with E-state index >= 15 is 0 Å². The van der Waals surface area contributed by atoms with Crippen LogP contribution in [0.5, 0.6) is 0 Å². The molecule has 0 saturated carbocycles. The predicted octanol–water partition coefficient (Wildman–Crippen LogP) is 4.02. The Labute approximate surface area is 103 Å². The molecule has 1 aromatic carbocycles. The maximum absolute atomic E-state index is 2.43. The molecule has 1 heterocycles. The Morgan fingerprint density at radius 1 is 1.06 bits per heavy atom. The molecule has 17 heavy (non-hydrogen) atoms. The van der Waals surface area contributed by atoms with Crippen molar-refractivity contribution in [2.75, 3.05) is 18.0 Å². The van der Waals surface area contributed by atoms with Crippen LogP contribution < -0.4 is 4.90 Å². The predicted molar refractivity (Wildman–Crippen MR) is 74.2 cm³/mol. The van der Waals surface area contributed by atoms with Gasteiger partial charge in [-0.15, -0.1) is 0 Å². The van der Waals surface area contributed by atoms with Crippen molar-refractivity contribution in [3.8, 4) is 0 Å². The van der Waals surface area contributed by atoms with Gasteiger partial charge in [0.05, 0.1) is 0 Å². The van der Waals surface area contributed by atoms with Crippen molar-refractivity contribution in [3.63, 3.8) is 0 Å². The lowest BCUT2D eigenvalue weighted by Crippen LogP contribution is -2.36. The summed E-state index contributed by atoms with van der Waals surface area (Å²) >= 11 is 0. The van der Waals surface area contributed by atoms with Crippen molar-refractivity contribution in [2.45, 2.75) is 26.2 Å². The lowest BCUT2D eigenvalue weighted by molar-refractivity contribution is 0.618. The maximum atomic E-state index is 2.43. The minimum Gasteiger partial charge on any atom is -0.371 e. The topological polar surface area (TPSA) is 3.24 Å². The Hall–Kier alpha value is -1.50. The number of allylic oxidation sites excluding steroid dienone is 4. The summed E-state index contributed by atoms with van der Waals surface area (Å²) < 4.78 is 0. The minimum absolute atomic E-state index is 1.18. The van der Waals surface area contributed by atoms with E-state index in [9.17, 15) is 0 Å². The van der Waals surface area contributed by atoms with Crippen molar-refractivity contribution in [3.05, 3.63) is 47.6 Å². The molecule has 1 aliphatic carbocycles. The molecule has 1 nitrogen and oxygen atoms in total. The molecule has 1 fully saturated rings. The fraction of sp³-hybridized carbons (Fsp3) is 0.375. The normalized spacial score (nSPS) is 19.5. The van der Waals surface area contributed by atoms with E-state index in [1.165, 1.54) is 54.7 Å². The summed E-state index contributed by atoms with van der Waals surface area (Å²) in [6.07, 6.45) is 8.35. The second kappa shape index (κ2) is 4.40. The van der Waals surface area contributed by atoms with Crippen LogP contribution in [-0.4, -0.2) is 13.1 Å². The molecule has 1 aliphatic heterocycles. The highest BCUT2D eigenvalue weighted by Crippen LogP contribution is 2.28. The average molecular weight is 225 g/mol. The Morgan fingerprint density at radius 2 is 1.82 bits per heavy atom. The van der Waals surface area contributed by atoms with Crippen molar-refractivity contribution in [1.82, 2.24) is 0 Å². The van der Waals surface area contributed by atoms with Gasteiger partial charge in [-0.2, -0.15) is 0 Å². The fourth-order valence-electron chi connectivity index (χ4n) is 2.55. The smallest absolute Gasteiger partial charge is 0.0366 e. The summed E-state index contributed by atoms with van der Waals surface area (Å²) in [5.74, 6) is 0. The zero-order valence-corrected chi connectivity index (χ0v) is 10.4. The Kier molecular flexibility index (Phi) is 2.76. The first kappa shape index (κ1) is 10.6. The largest absolute Gasteiger partial charge is 0.371 e. The summed E-state index contributed by atoms with van der Waals surface area (Å²) in [6, 6.07) is 9.09. The molecule has 3 rings (SSSR count). The van der Waals surface area contributed by atoms with Crippen LogP contribution in [0.15, 0.2) is 42.0 Å². The lowest BCUT2D eigenvalue weighted by Gasteiger charge is -2.33. The van der Waals surface area contributed by atoms with E-state index in [0.717, 1.165) is 0 Å². The summed E-state index contributed by atoms with van der Waals surface area (Å²) in [5.41, 5.74) is 5.66. The van der Waals surface area contributed by atoms with Crippen molar-refractivity contribution < 1.29 is 0 Å². The molecule has 0 aromatic heterocycles. The molecule has 0 spiro atoms. The molecule has 0 unspecified atom stereocenters. The quantitative estimate of drug-likeness (QED) is 0.734. The van der Waals surface area contributed by atoms with Gasteiger partial charge in [-0.05, 0) is 49.5 Å². The van der Waals surface area contributed by atoms with Crippen LogP contribution in [0, 0.1) is 0 Å². The van der Waals surface area contributed by atoms with Gasteiger partial charge in [-0.25, -0.2) is 0 Å². The van der Waals surface area contributed by atoms with E-state index in [1.807, 2.05) is 0 Å². The van der Waals surface area contributed by atoms with Crippen LogP contribution in [-0.2, 0) is 0 Å². The Balaban J connectivity index is 1.82. The summed E-state index contributed by atoms with van der Waals surface area (Å²) in [5, 5.41) is 0. The van der Waals surface area contributed by atoms with E-state index in [4.69, 9.17) is 0 Å². The summed E-state index contributed by atoms with van der Waals surface area (Å²) in [7, 11) is 0. The van der Waals surface area contributed by atoms with Crippen LogP contribution >= 0.6 is 0 Å². The molecule has 1 aromatic rings. The zero-order chi connectivity index (χ0) is 11.7. The first-order valence-electron chi connectivity index (χ1n) is 6.56. The molecule has 1 heteroatoms. The zero-order valence-electron chi connectivity index (χ0n) is 10.4. The summed E-state index contributed by atoms with van der Waals surface area (Å²) in [4.78, 5) is 2.43. The first-order valence-corrected chi connectivity index (χ1v) is 6.56. The van der Waals surface area contributed by atoms with Crippen LogP contribution in [0.3, 0.4) is 0 Å². The third-order valence-electron chi connectivity index (χ3n) is 3.74. The Morgan fingerprint density at radius 3 is 2.41 bits per heavy atom. The van der Waals surface area contributed by atoms with Gasteiger partial charge in [0.2, 0.25) is 0 Å². The number of hydrogen-bond acceptors (Lipinski definition) is 1. The van der Waals surface area contributed by atoms with Gasteiger partial charge in [0, 0.05) is 18.8 Å². The minimum atomic E-state index is 1.18. The molecule has 1 saturated heterocycles. The van der Waals surface area contributed by atoms with Gasteiger partial charge in [0.25, 0.3) is 0 Å². The maximum Gasteiger partial charge on any atom is 0.0366 e. The molecule has 0 bridgehead atoms. The van der Waals surface area contributed by atoms with Gasteiger partial charge in [0.1, 0.15) is 0 Å². The van der Waals surface area contributed by atoms with Crippen molar-refractivity contribution >= 4 is 11.3 Å². The second-order valence-corrected chi connectivity index (χ2v) is 5.04. The van der Waals surface area contributed by atoms with Gasteiger partial charge in [0.15, 0.2) is 0 Å². The monoisotopic (exact) mass is 225 g/mol. The third-order valence-corrected chi connectivity index (χ3v) is 3.74. The van der Waals surface area contributed by atoms with Gasteiger partial charge in [-0.1, -0.05) is 29.9 Å². The number of hydrogen-bond donors (Lipinski definition) is 0. The number of benzene rings is 1. The number of nitrogens with zero attached hydrogens (tertiary/aromatic N) is 1. The number of anilines is 1. The van der Waals surface area contributed by atoms with Crippen LogP contribution in [0.2, 0.25) is 0 Å². The van der Waals surface area contributed by atoms with E-state index < -0.39 is 0 Å². The third kappa shape index (κ3) is 2.14. The van der Waals surface area contributed by atoms with E-state index in [1.54, 1.807) is 0 Å². The molecule has 0 N–H and O–H groups in total. The molecule has 0 amide bonds. The highest BCUT2D eigenvalue weighted by atomic mass is 15.2. The van der Waals surface area contributed by atoms with Crippen LogP contribution in [0.25, 0.3) is 5.57 Å². The molecular formula is C16H19N. The highest BCUT2D eigenvalue weighted by Gasteiger charge is 2.14. The van der Waals surface area contributed by atoms with Crippen LogP contribution in [0.1, 0.15) is 31.7 Å². The van der Waals surface area contributed by atoms with E-state index in [-0.39, 0.29) is 0 Å². The molecule has 0 atom stereocenters. The fourth-order valence-corrected chi connectivity index (χ4v) is 2.55. The standard InChI is InChI=1S/C16H19N/c1-13-4-2-5-15(12-13)14-6-8-16(9-7-14)17-10-3-11-17/h4,6-9,12H,2-3,5,10-11H2,1H3. The Bertz CT molecular complexity index is 461. The molecule has 88 valence electrons. The summed E-state index contributed by atoms with van der Waals surface area (Å²) in [6.45, 7) is 4.64. The van der Waals surface area contributed by atoms with Gasteiger partial charge in [-0.3, -0.25) is 0 Å². The van der Waals surface area contributed by atoms with Gasteiger partial charge >= 0.3 is 0 Å². The highest BCUT2D eigenvalue weighted by molar-refractivity contribution is 5.71. The second-order valence-electron chi connectivity index (χ2n) is 5.04. The van der Waals surface area contributed by atoms with Gasteiger partial charge < -0.3 is 4.90 Å². The van der Waals surface area contributed by atoms with Crippen molar-refractivity contribution in [2.24, 2.45) is 0 Å². The van der Waals surface area contributed by atoms with Crippen LogP contribution in [0.4, 0.5) is 5.69 Å². The van der Waals surface area contributed by atoms with Crippen molar-refractivity contribution in [1.29, 1.82) is 0 Å². The lowest BCUT2D eigenvalue weighted by atomic mass is 9.94. The van der Waals surface area contributed by atoms with E-state index in [2.05, 4.69) is 48.2 Å². The van der Waals surface area contributed by atoms with E-state index in [0.29, 0.717) is 0 Å².